The van der Waals surface area contributed by atoms with Gasteiger partial charge in [-0.3, -0.25) is 14.2 Å². The molecule has 0 aliphatic rings. The number of aromatic amines is 1. The molecule has 0 fully saturated rings. The van der Waals surface area contributed by atoms with E-state index in [1.165, 1.54) is 16.3 Å². The first-order valence-electron chi connectivity index (χ1n) is 9.14. The Morgan fingerprint density at radius 3 is 2.72 bits per heavy atom. The first-order valence-corrected chi connectivity index (χ1v) is 10.1. The molecule has 0 unspecified atom stereocenters. The van der Waals surface area contributed by atoms with Crippen molar-refractivity contribution in [3.8, 4) is 5.69 Å². The van der Waals surface area contributed by atoms with Crippen LogP contribution in [0.4, 0.5) is 0 Å². The minimum Gasteiger partial charge on any atom is -0.465 e. The van der Waals surface area contributed by atoms with Crippen molar-refractivity contribution in [2.75, 3.05) is 5.75 Å². The van der Waals surface area contributed by atoms with Gasteiger partial charge in [0.2, 0.25) is 5.91 Å². The van der Waals surface area contributed by atoms with Gasteiger partial charge in [0.05, 0.1) is 23.5 Å². The predicted molar refractivity (Wildman–Crippen MR) is 112 cm³/mol. The quantitative estimate of drug-likeness (QED) is 0.377. The van der Waals surface area contributed by atoms with Crippen LogP contribution in [0.5, 0.6) is 0 Å². The van der Waals surface area contributed by atoms with E-state index in [2.05, 4.69) is 15.3 Å². The molecular weight excluding hydrogens is 388 g/mol. The van der Waals surface area contributed by atoms with Crippen LogP contribution < -0.4 is 10.9 Å². The van der Waals surface area contributed by atoms with E-state index < -0.39 is 0 Å². The lowest BCUT2D eigenvalue weighted by Crippen LogP contribution is -2.26. The molecule has 0 saturated heterocycles. The number of nitrogens with one attached hydrogen (secondary N) is 2. The first kappa shape index (κ1) is 19.1. The van der Waals surface area contributed by atoms with Gasteiger partial charge in [-0.2, -0.15) is 0 Å². The summed E-state index contributed by atoms with van der Waals surface area (Å²) in [5, 5.41) is 3.29. The summed E-state index contributed by atoms with van der Waals surface area (Å²) < 4.78 is 6.99. The van der Waals surface area contributed by atoms with Crippen molar-refractivity contribution < 1.29 is 9.21 Å². The maximum Gasteiger partial charge on any atom is 0.283 e. The third-order valence-corrected chi connectivity index (χ3v) is 5.30. The average Bonchev–Trinajstić information content (AvgIpc) is 3.30. The number of furan rings is 1. The summed E-state index contributed by atoms with van der Waals surface area (Å²) in [6, 6.07) is 14.8. The molecule has 1 aromatic carbocycles. The van der Waals surface area contributed by atoms with Crippen LogP contribution in [0.1, 0.15) is 17.2 Å². The van der Waals surface area contributed by atoms with Crippen LogP contribution in [0.2, 0.25) is 0 Å². The molecule has 4 rings (SSSR count). The summed E-state index contributed by atoms with van der Waals surface area (Å²) in [4.78, 5) is 33.1. The highest BCUT2D eigenvalue weighted by molar-refractivity contribution is 7.99. The van der Waals surface area contributed by atoms with Gasteiger partial charge in [0.25, 0.3) is 5.56 Å². The van der Waals surface area contributed by atoms with Gasteiger partial charge in [-0.15, -0.1) is 0 Å². The summed E-state index contributed by atoms with van der Waals surface area (Å²) in [5.74, 6) is 1.47. The number of benzene rings is 1. The fourth-order valence-electron chi connectivity index (χ4n) is 3.03. The number of amides is 1. The first-order chi connectivity index (χ1) is 14.0. The largest absolute Gasteiger partial charge is 0.465 e. The predicted octanol–water partition coefficient (Wildman–Crippen LogP) is 3.33. The van der Waals surface area contributed by atoms with Crippen LogP contribution in [-0.2, 0) is 11.3 Å². The smallest absolute Gasteiger partial charge is 0.283 e. The van der Waals surface area contributed by atoms with Crippen molar-refractivity contribution in [2.24, 2.45) is 0 Å². The molecule has 0 atom stereocenters. The maximum atomic E-state index is 13.1. The molecule has 0 saturated carbocycles. The highest BCUT2D eigenvalue weighted by Gasteiger charge is 2.16. The lowest BCUT2D eigenvalue weighted by Gasteiger charge is -2.12. The molecule has 0 bridgehead atoms. The second-order valence-electron chi connectivity index (χ2n) is 6.66. The highest BCUT2D eigenvalue weighted by atomic mass is 32.2. The van der Waals surface area contributed by atoms with Crippen LogP contribution in [-0.4, -0.2) is 26.2 Å². The molecule has 2 N–H and O–H groups in total. The fourth-order valence-corrected chi connectivity index (χ4v) is 3.87. The topological polar surface area (TPSA) is 92.9 Å². The molecule has 8 heteroatoms. The lowest BCUT2D eigenvalue weighted by molar-refractivity contribution is -0.118. The number of hydrogen-bond acceptors (Lipinski definition) is 5. The number of para-hydroxylation sites is 1. The normalized spacial score (nSPS) is 11.1. The Morgan fingerprint density at radius 1 is 1.21 bits per heavy atom. The van der Waals surface area contributed by atoms with E-state index in [9.17, 15) is 9.59 Å². The van der Waals surface area contributed by atoms with Gasteiger partial charge in [-0.25, -0.2) is 4.98 Å². The Hall–Kier alpha value is -3.26. The standard InChI is InChI=1S/C21H20N4O3S/c1-13-10-17-19(23-13)20(27)25(15-6-4-3-5-7-15)21(24-17)29-12-18(26)22-11-16-9-8-14(2)28-16/h3-10,23H,11-12H2,1-2H3,(H,22,26). The van der Waals surface area contributed by atoms with Crippen LogP contribution in [0.3, 0.4) is 0 Å². The molecule has 4 aromatic rings. The Balaban J connectivity index is 1.58. The summed E-state index contributed by atoms with van der Waals surface area (Å²) in [5.41, 5.74) is 2.41. The van der Waals surface area contributed by atoms with Crippen molar-refractivity contribution in [1.29, 1.82) is 0 Å². The van der Waals surface area contributed by atoms with E-state index in [1.807, 2.05) is 62.4 Å². The van der Waals surface area contributed by atoms with E-state index in [0.717, 1.165) is 11.5 Å². The number of rotatable bonds is 6. The van der Waals surface area contributed by atoms with Gasteiger partial charge in [0, 0.05) is 5.69 Å². The van der Waals surface area contributed by atoms with Crippen LogP contribution in [0, 0.1) is 13.8 Å². The van der Waals surface area contributed by atoms with E-state index in [4.69, 9.17) is 4.42 Å². The zero-order valence-corrected chi connectivity index (χ0v) is 16.9. The number of nitrogens with zero attached hydrogens (tertiary/aromatic N) is 2. The van der Waals surface area contributed by atoms with E-state index in [0.29, 0.717) is 34.2 Å². The molecule has 0 spiro atoms. The van der Waals surface area contributed by atoms with E-state index >= 15 is 0 Å². The summed E-state index contributed by atoms with van der Waals surface area (Å²) in [6.45, 7) is 4.06. The van der Waals surface area contributed by atoms with Gasteiger partial charge in [0.1, 0.15) is 17.0 Å². The molecule has 3 aromatic heterocycles. The molecule has 7 nitrogen and oxygen atoms in total. The van der Waals surface area contributed by atoms with Gasteiger partial charge in [0.15, 0.2) is 5.16 Å². The Labute approximate surface area is 171 Å². The number of aromatic nitrogens is 3. The maximum absolute atomic E-state index is 13.1. The number of H-pyrrole nitrogens is 1. The molecule has 1 amide bonds. The molecule has 0 aliphatic carbocycles. The van der Waals surface area contributed by atoms with Gasteiger partial charge in [-0.1, -0.05) is 30.0 Å². The second kappa shape index (κ2) is 8.00. The molecule has 148 valence electrons. The lowest BCUT2D eigenvalue weighted by atomic mass is 10.3. The number of carbonyl (C=O) groups excluding carboxylic acids is 1. The third-order valence-electron chi connectivity index (χ3n) is 4.36. The van der Waals surface area contributed by atoms with Crippen LogP contribution in [0.25, 0.3) is 16.7 Å². The van der Waals surface area contributed by atoms with Crippen LogP contribution >= 0.6 is 11.8 Å². The SMILES string of the molecule is Cc1cc2nc(SCC(=O)NCc3ccc(C)o3)n(-c3ccccc3)c(=O)c2[nH]1. The van der Waals surface area contributed by atoms with Gasteiger partial charge in [-0.05, 0) is 44.2 Å². The minimum absolute atomic E-state index is 0.133. The molecule has 3 heterocycles. The summed E-state index contributed by atoms with van der Waals surface area (Å²) >= 11 is 1.22. The molecule has 0 radical (unpaired) electrons. The number of carbonyl (C=O) groups is 1. The average molecular weight is 408 g/mol. The van der Waals surface area contributed by atoms with E-state index in [1.54, 1.807) is 0 Å². The highest BCUT2D eigenvalue weighted by Crippen LogP contribution is 2.21. The van der Waals surface area contributed by atoms with Gasteiger partial charge < -0.3 is 14.7 Å². The Morgan fingerprint density at radius 2 is 2.00 bits per heavy atom. The number of thioether (sulfide) groups is 1. The number of hydrogen-bond donors (Lipinski definition) is 2. The minimum atomic E-state index is -0.191. The molecule has 29 heavy (non-hydrogen) atoms. The summed E-state index contributed by atoms with van der Waals surface area (Å²) in [7, 11) is 0. The van der Waals surface area contributed by atoms with E-state index in [-0.39, 0.29) is 17.2 Å². The number of aryl methyl sites for hydroxylation is 2. The fraction of sp³-hybridized carbons (Fsp3) is 0.190. The monoisotopic (exact) mass is 408 g/mol. The van der Waals surface area contributed by atoms with Crippen molar-refractivity contribution in [2.45, 2.75) is 25.5 Å². The number of fused-ring (bicyclic) bond motifs is 1. The van der Waals surface area contributed by atoms with Crippen molar-refractivity contribution >= 4 is 28.7 Å². The van der Waals surface area contributed by atoms with Crippen LogP contribution in [0.15, 0.2) is 62.9 Å². The zero-order chi connectivity index (χ0) is 20.4. The Bertz CT molecular complexity index is 1220. The molecule has 0 aliphatic heterocycles. The van der Waals surface area contributed by atoms with Crippen molar-refractivity contribution in [1.82, 2.24) is 19.9 Å². The second-order valence-corrected chi connectivity index (χ2v) is 7.60. The van der Waals surface area contributed by atoms with Crippen molar-refractivity contribution in [3.05, 3.63) is 76.1 Å². The van der Waals surface area contributed by atoms with Crippen molar-refractivity contribution in [3.63, 3.8) is 0 Å². The Kier molecular flexibility index (Phi) is 5.26. The zero-order valence-electron chi connectivity index (χ0n) is 16.1. The third kappa shape index (κ3) is 4.12. The van der Waals surface area contributed by atoms with Gasteiger partial charge >= 0.3 is 0 Å². The molecular formula is C21H20N4O3S. The summed E-state index contributed by atoms with van der Waals surface area (Å²) in [6.07, 6.45) is 0.